The molecule has 0 aliphatic carbocycles. The van der Waals surface area contributed by atoms with Crippen LogP contribution in [0, 0.1) is 0 Å². The molecule has 0 bridgehead atoms. The van der Waals surface area contributed by atoms with Crippen LogP contribution in [0.3, 0.4) is 0 Å². The minimum absolute atomic E-state index is 0.150. The molecule has 1 heterocycles. The maximum absolute atomic E-state index is 11.3. The summed E-state index contributed by atoms with van der Waals surface area (Å²) in [5, 5.41) is 3.45. The molecule has 0 fully saturated rings. The van der Waals surface area contributed by atoms with E-state index in [4.69, 9.17) is 0 Å². The Bertz CT molecular complexity index is 836. The fourth-order valence-corrected chi connectivity index (χ4v) is 2.96. The van der Waals surface area contributed by atoms with Crippen molar-refractivity contribution in [3.63, 3.8) is 0 Å². The Balaban J connectivity index is 1.91. The van der Waals surface area contributed by atoms with E-state index < -0.39 is 0 Å². The van der Waals surface area contributed by atoms with Crippen LogP contribution in [0.2, 0.25) is 0 Å². The van der Waals surface area contributed by atoms with Gasteiger partial charge in [0.2, 0.25) is 0 Å². The second-order valence-corrected chi connectivity index (χ2v) is 6.64. The maximum Gasteiger partial charge on any atom is 0.323 e. The molecule has 0 aliphatic rings. The standard InChI is InChI=1S/C15H13Br2N3O/c1-8(9-2-4-10(16)5-3-9)18-12-7-14-13(6-11(12)17)19-15(21)20-14/h2-8,18H,1H3,(H2,19,20,21). The highest BCUT2D eigenvalue weighted by molar-refractivity contribution is 9.10. The van der Waals surface area contributed by atoms with Crippen LogP contribution < -0.4 is 11.0 Å². The summed E-state index contributed by atoms with van der Waals surface area (Å²) in [6.07, 6.45) is 0. The number of hydrogen-bond acceptors (Lipinski definition) is 2. The number of hydrogen-bond donors (Lipinski definition) is 3. The summed E-state index contributed by atoms with van der Waals surface area (Å²) in [5.41, 5.74) is 3.50. The normalized spacial score (nSPS) is 12.5. The molecule has 108 valence electrons. The average molecular weight is 411 g/mol. The molecule has 0 radical (unpaired) electrons. The largest absolute Gasteiger partial charge is 0.378 e. The second kappa shape index (κ2) is 5.69. The molecular weight excluding hydrogens is 398 g/mol. The van der Waals surface area contributed by atoms with E-state index in [-0.39, 0.29) is 11.7 Å². The summed E-state index contributed by atoms with van der Waals surface area (Å²) in [6.45, 7) is 2.10. The van der Waals surface area contributed by atoms with Gasteiger partial charge in [0.25, 0.3) is 0 Å². The number of aromatic nitrogens is 2. The molecule has 1 atom stereocenters. The smallest absolute Gasteiger partial charge is 0.323 e. The number of fused-ring (bicyclic) bond motifs is 1. The second-order valence-electron chi connectivity index (χ2n) is 4.87. The van der Waals surface area contributed by atoms with E-state index in [2.05, 4.69) is 66.2 Å². The molecule has 1 aromatic heterocycles. The summed E-state index contributed by atoms with van der Waals surface area (Å²) in [7, 11) is 0. The van der Waals surface area contributed by atoms with Crippen molar-refractivity contribution in [2.45, 2.75) is 13.0 Å². The van der Waals surface area contributed by atoms with Crippen molar-refractivity contribution in [2.75, 3.05) is 5.32 Å². The molecule has 21 heavy (non-hydrogen) atoms. The van der Waals surface area contributed by atoms with Gasteiger partial charge in [-0.25, -0.2) is 4.79 Å². The Morgan fingerprint density at radius 2 is 1.67 bits per heavy atom. The van der Waals surface area contributed by atoms with Gasteiger partial charge < -0.3 is 15.3 Å². The van der Waals surface area contributed by atoms with Crippen molar-refractivity contribution < 1.29 is 0 Å². The predicted molar refractivity (Wildman–Crippen MR) is 92.8 cm³/mol. The van der Waals surface area contributed by atoms with Gasteiger partial charge in [-0.1, -0.05) is 28.1 Å². The molecule has 0 amide bonds. The highest BCUT2D eigenvalue weighted by atomic mass is 79.9. The van der Waals surface area contributed by atoms with E-state index in [0.29, 0.717) is 0 Å². The van der Waals surface area contributed by atoms with Gasteiger partial charge in [-0.3, -0.25) is 0 Å². The number of rotatable bonds is 3. The molecule has 0 saturated carbocycles. The SMILES string of the molecule is CC(Nc1cc2[nH]c(=O)[nH]c2cc1Br)c1ccc(Br)cc1. The van der Waals surface area contributed by atoms with E-state index in [9.17, 15) is 4.79 Å². The fraction of sp³-hybridized carbons (Fsp3) is 0.133. The van der Waals surface area contributed by atoms with E-state index >= 15 is 0 Å². The molecule has 0 spiro atoms. The predicted octanol–water partition coefficient (Wildman–Crippen LogP) is 4.55. The lowest BCUT2D eigenvalue weighted by Crippen LogP contribution is -2.07. The van der Waals surface area contributed by atoms with Crippen LogP contribution in [0.15, 0.2) is 50.1 Å². The molecule has 3 rings (SSSR count). The molecule has 0 saturated heterocycles. The summed E-state index contributed by atoms with van der Waals surface area (Å²) in [4.78, 5) is 16.8. The van der Waals surface area contributed by atoms with Gasteiger partial charge in [-0.15, -0.1) is 0 Å². The van der Waals surface area contributed by atoms with Crippen LogP contribution in [0.25, 0.3) is 11.0 Å². The Kier molecular flexibility index (Phi) is 3.91. The number of nitrogens with one attached hydrogen (secondary N) is 3. The maximum atomic E-state index is 11.3. The number of H-pyrrole nitrogens is 2. The van der Waals surface area contributed by atoms with Crippen LogP contribution in [0.5, 0.6) is 0 Å². The Hall–Kier alpha value is -1.53. The first-order chi connectivity index (χ1) is 10.0. The molecule has 2 aromatic carbocycles. The summed E-state index contributed by atoms with van der Waals surface area (Å²) >= 11 is 6.97. The Morgan fingerprint density at radius 1 is 1.05 bits per heavy atom. The Morgan fingerprint density at radius 3 is 2.33 bits per heavy atom. The van der Waals surface area contributed by atoms with Crippen molar-refractivity contribution in [1.29, 1.82) is 0 Å². The highest BCUT2D eigenvalue weighted by Gasteiger charge is 2.10. The minimum atomic E-state index is -0.199. The first kappa shape index (κ1) is 14.4. The van der Waals surface area contributed by atoms with Gasteiger partial charge in [-0.2, -0.15) is 0 Å². The molecular formula is C15H13Br2N3O. The summed E-state index contributed by atoms with van der Waals surface area (Å²) in [5.74, 6) is 0. The third-order valence-corrected chi connectivity index (χ3v) is 4.53. The molecule has 4 nitrogen and oxygen atoms in total. The first-order valence-corrected chi connectivity index (χ1v) is 8.05. The highest BCUT2D eigenvalue weighted by Crippen LogP contribution is 2.29. The van der Waals surface area contributed by atoms with Gasteiger partial charge in [0.1, 0.15) is 0 Å². The van der Waals surface area contributed by atoms with Gasteiger partial charge in [0.05, 0.1) is 16.7 Å². The van der Waals surface area contributed by atoms with Gasteiger partial charge in [0.15, 0.2) is 0 Å². The third-order valence-electron chi connectivity index (χ3n) is 3.35. The van der Waals surface area contributed by atoms with Crippen LogP contribution in [-0.2, 0) is 0 Å². The zero-order valence-electron chi connectivity index (χ0n) is 11.2. The van der Waals surface area contributed by atoms with Gasteiger partial charge in [-0.05, 0) is 52.7 Å². The van der Waals surface area contributed by atoms with Crippen molar-refractivity contribution in [3.05, 3.63) is 61.4 Å². The van der Waals surface area contributed by atoms with Crippen molar-refractivity contribution in [1.82, 2.24) is 9.97 Å². The lowest BCUT2D eigenvalue weighted by Gasteiger charge is -2.17. The minimum Gasteiger partial charge on any atom is -0.378 e. The molecule has 6 heteroatoms. The quantitative estimate of drug-likeness (QED) is 0.592. The number of benzene rings is 2. The van der Waals surface area contributed by atoms with Crippen LogP contribution in [0.1, 0.15) is 18.5 Å². The number of anilines is 1. The first-order valence-electron chi connectivity index (χ1n) is 6.46. The zero-order valence-corrected chi connectivity index (χ0v) is 14.4. The van der Waals surface area contributed by atoms with Gasteiger partial charge in [0, 0.05) is 15.0 Å². The molecule has 0 aliphatic heterocycles. The van der Waals surface area contributed by atoms with E-state index in [1.54, 1.807) is 0 Å². The average Bonchev–Trinajstić information content (AvgIpc) is 2.79. The lowest BCUT2D eigenvalue weighted by molar-refractivity contribution is 0.883. The topological polar surface area (TPSA) is 60.7 Å². The van der Waals surface area contributed by atoms with Crippen molar-refractivity contribution in [2.24, 2.45) is 0 Å². The Labute approximate surface area is 138 Å². The van der Waals surface area contributed by atoms with Crippen LogP contribution in [-0.4, -0.2) is 9.97 Å². The zero-order chi connectivity index (χ0) is 15.0. The van der Waals surface area contributed by atoms with Crippen LogP contribution >= 0.6 is 31.9 Å². The molecule has 3 N–H and O–H groups in total. The van der Waals surface area contributed by atoms with Crippen molar-refractivity contribution >= 4 is 48.6 Å². The lowest BCUT2D eigenvalue weighted by atomic mass is 10.1. The molecule has 3 aromatic rings. The monoisotopic (exact) mass is 409 g/mol. The number of aromatic amines is 2. The van der Waals surface area contributed by atoms with Crippen LogP contribution in [0.4, 0.5) is 5.69 Å². The summed E-state index contributed by atoms with van der Waals surface area (Å²) < 4.78 is 1.97. The fourth-order valence-electron chi connectivity index (χ4n) is 2.23. The number of halogens is 2. The van der Waals surface area contributed by atoms with Crippen molar-refractivity contribution in [3.8, 4) is 0 Å². The third kappa shape index (κ3) is 3.06. The number of imidazole rings is 1. The van der Waals surface area contributed by atoms with E-state index in [0.717, 1.165) is 25.7 Å². The van der Waals surface area contributed by atoms with E-state index in [1.165, 1.54) is 5.56 Å². The summed E-state index contributed by atoms with van der Waals surface area (Å²) in [6, 6.07) is 12.2. The van der Waals surface area contributed by atoms with Gasteiger partial charge >= 0.3 is 5.69 Å². The molecule has 1 unspecified atom stereocenters. The van der Waals surface area contributed by atoms with E-state index in [1.807, 2.05) is 24.3 Å².